The number of hydrogen-bond donors (Lipinski definition) is 0. The molecule has 1 rings (SSSR count). The molecule has 0 radical (unpaired) electrons. The Labute approximate surface area is 155 Å². The van der Waals surface area contributed by atoms with Crippen LogP contribution in [-0.4, -0.2) is 43.8 Å². The van der Waals surface area contributed by atoms with Gasteiger partial charge >= 0.3 is 23.8 Å². The van der Waals surface area contributed by atoms with Crippen LogP contribution in [0.4, 0.5) is 17.6 Å². The molecule has 5 nitrogen and oxygen atoms in total. The van der Waals surface area contributed by atoms with Crippen molar-refractivity contribution in [3.05, 3.63) is 33.8 Å². The zero-order valence-corrected chi connectivity index (χ0v) is 14.8. The lowest BCUT2D eigenvalue weighted by molar-refractivity contribution is -0.224. The van der Waals surface area contributed by atoms with Gasteiger partial charge in [-0.25, -0.2) is 14.0 Å². The summed E-state index contributed by atoms with van der Waals surface area (Å²) in [5, 5.41) is -0.0759. The number of ether oxygens (including phenoxy) is 2. The van der Waals surface area contributed by atoms with Crippen LogP contribution >= 0.6 is 23.2 Å². The van der Waals surface area contributed by atoms with Crippen LogP contribution in [0.1, 0.15) is 16.8 Å². The third kappa shape index (κ3) is 4.45. The maximum Gasteiger partial charge on any atom is 0.396 e. The summed E-state index contributed by atoms with van der Waals surface area (Å²) < 4.78 is 63.0. The molecule has 0 fully saturated rings. The van der Waals surface area contributed by atoms with Crippen molar-refractivity contribution < 1.29 is 41.4 Å². The molecular weight excluding hydrogens is 407 g/mol. The third-order valence-electron chi connectivity index (χ3n) is 3.47. The van der Waals surface area contributed by atoms with Gasteiger partial charge in [0.15, 0.2) is 5.78 Å². The van der Waals surface area contributed by atoms with Crippen LogP contribution in [-0.2, 0) is 19.1 Å². The van der Waals surface area contributed by atoms with Gasteiger partial charge < -0.3 is 9.47 Å². The Morgan fingerprint density at radius 3 is 1.88 bits per heavy atom. The first-order valence-corrected chi connectivity index (χ1v) is 7.55. The Bertz CT molecular complexity index is 704. The number of carbonyl (C=O) groups excluding carboxylic acids is 3. The summed E-state index contributed by atoms with van der Waals surface area (Å²) in [5.74, 6) is -8.82. The van der Waals surface area contributed by atoms with E-state index in [0.717, 1.165) is 18.2 Å². The minimum Gasteiger partial charge on any atom is -0.466 e. The SMILES string of the molecule is COC(=O)C(F)(C(=O)OC)[C@H](CC(=O)c1ccc(Cl)c(Cl)c1)C(F)(F)F. The fraction of sp³-hybridized carbons (Fsp3) is 0.400. The molecule has 0 saturated carbocycles. The van der Waals surface area contributed by atoms with Gasteiger partial charge in [0, 0.05) is 12.0 Å². The van der Waals surface area contributed by atoms with Crippen LogP contribution in [0.2, 0.25) is 10.0 Å². The van der Waals surface area contributed by atoms with E-state index in [4.69, 9.17) is 23.2 Å². The van der Waals surface area contributed by atoms with Gasteiger partial charge in [0.1, 0.15) is 5.92 Å². The second-order valence-corrected chi connectivity index (χ2v) is 5.86. The van der Waals surface area contributed by atoms with E-state index < -0.39 is 41.9 Å². The Morgan fingerprint density at radius 1 is 1.00 bits per heavy atom. The predicted molar refractivity (Wildman–Crippen MR) is 82.8 cm³/mol. The van der Waals surface area contributed by atoms with Gasteiger partial charge in [-0.1, -0.05) is 23.2 Å². The van der Waals surface area contributed by atoms with E-state index >= 15 is 0 Å². The second kappa shape index (κ2) is 8.22. The number of ketones is 1. The summed E-state index contributed by atoms with van der Waals surface area (Å²) in [6, 6.07) is 3.21. The number of rotatable bonds is 6. The molecule has 1 atom stereocenters. The second-order valence-electron chi connectivity index (χ2n) is 5.05. The molecule has 1 aromatic carbocycles. The van der Waals surface area contributed by atoms with Crippen molar-refractivity contribution in [2.75, 3.05) is 14.2 Å². The highest BCUT2D eigenvalue weighted by atomic mass is 35.5. The first kappa shape index (κ1) is 22.2. The number of alkyl halides is 4. The molecule has 0 amide bonds. The maximum atomic E-state index is 14.9. The third-order valence-corrected chi connectivity index (χ3v) is 4.21. The summed E-state index contributed by atoms with van der Waals surface area (Å²) in [5.41, 5.74) is -4.57. The average molecular weight is 419 g/mol. The molecule has 0 N–H and O–H groups in total. The summed E-state index contributed by atoms with van der Waals surface area (Å²) in [4.78, 5) is 35.3. The Morgan fingerprint density at radius 2 is 1.50 bits per heavy atom. The van der Waals surface area contributed by atoms with E-state index in [2.05, 4.69) is 9.47 Å². The summed E-state index contributed by atoms with van der Waals surface area (Å²) in [6.45, 7) is 0. The topological polar surface area (TPSA) is 69.7 Å². The minimum atomic E-state index is -5.44. The zero-order valence-electron chi connectivity index (χ0n) is 13.3. The maximum absolute atomic E-state index is 14.9. The van der Waals surface area contributed by atoms with Gasteiger partial charge in [0.25, 0.3) is 0 Å². The van der Waals surface area contributed by atoms with Crippen LogP contribution in [0.5, 0.6) is 0 Å². The Balaban J connectivity index is 3.36. The van der Waals surface area contributed by atoms with Gasteiger partial charge in [-0.05, 0) is 18.2 Å². The molecule has 0 aliphatic rings. The van der Waals surface area contributed by atoms with Crippen molar-refractivity contribution in [2.45, 2.75) is 18.3 Å². The van der Waals surface area contributed by atoms with Crippen molar-refractivity contribution in [3.8, 4) is 0 Å². The molecule has 0 saturated heterocycles. The fourth-order valence-corrected chi connectivity index (χ4v) is 2.42. The van der Waals surface area contributed by atoms with Crippen molar-refractivity contribution >= 4 is 40.9 Å². The molecule has 0 unspecified atom stereocenters. The number of halogens is 6. The van der Waals surface area contributed by atoms with Gasteiger partial charge in [-0.2, -0.15) is 13.2 Å². The fourth-order valence-electron chi connectivity index (χ4n) is 2.12. The number of methoxy groups -OCH3 is 2. The van der Waals surface area contributed by atoms with E-state index in [1.54, 1.807) is 0 Å². The Hall–Kier alpha value is -1.87. The highest BCUT2D eigenvalue weighted by Gasteiger charge is 2.65. The smallest absolute Gasteiger partial charge is 0.396 e. The van der Waals surface area contributed by atoms with Crippen LogP contribution in [0.25, 0.3) is 0 Å². The number of esters is 2. The quantitative estimate of drug-likeness (QED) is 0.304. The van der Waals surface area contributed by atoms with E-state index in [1.807, 2.05) is 0 Å². The number of benzene rings is 1. The number of Topliss-reactive ketones (excluding diaryl/α,β-unsaturated/α-hetero) is 1. The van der Waals surface area contributed by atoms with Crippen LogP contribution in [0, 0.1) is 5.92 Å². The molecular formula is C15H12Cl2F4O5. The van der Waals surface area contributed by atoms with Crippen LogP contribution < -0.4 is 0 Å². The molecule has 0 aliphatic heterocycles. The average Bonchev–Trinajstić information content (AvgIpc) is 2.58. The largest absolute Gasteiger partial charge is 0.466 e. The predicted octanol–water partition coefficient (Wildman–Crippen LogP) is 3.80. The lowest BCUT2D eigenvalue weighted by Crippen LogP contribution is -2.55. The molecule has 1 aromatic rings. The van der Waals surface area contributed by atoms with E-state index in [-0.39, 0.29) is 15.6 Å². The monoisotopic (exact) mass is 418 g/mol. The summed E-state index contributed by atoms with van der Waals surface area (Å²) in [6.07, 6.45) is -7.01. The minimum absolute atomic E-state index is 0.0412. The lowest BCUT2D eigenvalue weighted by atomic mass is 9.83. The summed E-state index contributed by atoms with van der Waals surface area (Å²) >= 11 is 11.3. The van der Waals surface area contributed by atoms with Crippen molar-refractivity contribution in [2.24, 2.45) is 5.92 Å². The van der Waals surface area contributed by atoms with E-state index in [0.29, 0.717) is 14.2 Å². The standard InChI is InChI=1S/C15H12Cl2F4O5/c1-25-12(23)14(18,13(24)26-2)11(15(19,20)21)6-10(22)7-3-4-8(16)9(17)5-7/h3-5,11H,6H2,1-2H3/t11-/m0/s1. The molecule has 0 heterocycles. The van der Waals surface area contributed by atoms with Gasteiger partial charge in [0.05, 0.1) is 24.3 Å². The first-order valence-electron chi connectivity index (χ1n) is 6.80. The lowest BCUT2D eigenvalue weighted by Gasteiger charge is -2.30. The van der Waals surface area contributed by atoms with Crippen molar-refractivity contribution in [3.63, 3.8) is 0 Å². The van der Waals surface area contributed by atoms with Crippen LogP contribution in [0.3, 0.4) is 0 Å². The molecule has 0 bridgehead atoms. The summed E-state index contributed by atoms with van der Waals surface area (Å²) in [7, 11) is 1.18. The molecule has 0 aliphatic carbocycles. The van der Waals surface area contributed by atoms with Gasteiger partial charge in [-0.15, -0.1) is 0 Å². The normalized spacial score (nSPS) is 13.1. The Kier molecular flexibility index (Phi) is 7.01. The molecule has 0 aromatic heterocycles. The zero-order chi connectivity index (χ0) is 20.3. The van der Waals surface area contributed by atoms with E-state index in [1.165, 1.54) is 0 Å². The first-order chi connectivity index (χ1) is 11.9. The van der Waals surface area contributed by atoms with Crippen molar-refractivity contribution in [1.29, 1.82) is 0 Å². The molecule has 11 heteroatoms. The molecule has 0 spiro atoms. The van der Waals surface area contributed by atoms with Crippen LogP contribution in [0.15, 0.2) is 18.2 Å². The van der Waals surface area contributed by atoms with Gasteiger partial charge in [-0.3, -0.25) is 4.79 Å². The highest BCUT2D eigenvalue weighted by Crippen LogP contribution is 2.42. The van der Waals surface area contributed by atoms with Crippen molar-refractivity contribution in [1.82, 2.24) is 0 Å². The molecule has 144 valence electrons. The molecule has 26 heavy (non-hydrogen) atoms. The van der Waals surface area contributed by atoms with Gasteiger partial charge in [0.2, 0.25) is 0 Å². The highest BCUT2D eigenvalue weighted by molar-refractivity contribution is 6.42. The number of carbonyl (C=O) groups is 3. The van der Waals surface area contributed by atoms with E-state index in [9.17, 15) is 31.9 Å². The number of hydrogen-bond acceptors (Lipinski definition) is 5.